The molecule has 0 aromatic heterocycles. The van der Waals surface area contributed by atoms with Crippen molar-refractivity contribution in [1.29, 1.82) is 0 Å². The second-order valence-electron chi connectivity index (χ2n) is 5.08. The maximum atomic E-state index is 12.8. The highest BCUT2D eigenvalue weighted by Crippen LogP contribution is 2.29. The number of hydrogen-bond donors (Lipinski definition) is 1. The zero-order valence-corrected chi connectivity index (χ0v) is 11.5. The van der Waals surface area contributed by atoms with E-state index in [4.69, 9.17) is 0 Å². The predicted octanol–water partition coefficient (Wildman–Crippen LogP) is 4.25. The zero-order valence-electron chi connectivity index (χ0n) is 10.6. The minimum absolute atomic E-state index is 0.205. The van der Waals surface area contributed by atoms with Gasteiger partial charge in [-0.3, -0.25) is 0 Å². The number of halogens is 1. The van der Waals surface area contributed by atoms with Crippen molar-refractivity contribution in [3.63, 3.8) is 0 Å². The molecule has 0 amide bonds. The molecule has 1 N–H and O–H groups in total. The molecule has 1 atom stereocenters. The van der Waals surface area contributed by atoms with Gasteiger partial charge in [-0.05, 0) is 43.0 Å². The Balaban J connectivity index is 1.79. The Labute approximate surface area is 113 Å². The Hall–Kier alpha value is -0.540. The smallest absolute Gasteiger partial charge is 0.123 e. The molecule has 0 spiro atoms. The molecular weight excluding hydrogens is 247 g/mol. The van der Waals surface area contributed by atoms with Crippen molar-refractivity contribution < 1.29 is 9.50 Å². The molecule has 0 heterocycles. The Kier molecular flexibility index (Phi) is 5.51. The molecule has 3 heteroatoms. The number of benzene rings is 1. The van der Waals surface area contributed by atoms with Crippen LogP contribution in [0.25, 0.3) is 0 Å². The van der Waals surface area contributed by atoms with E-state index >= 15 is 0 Å². The van der Waals surface area contributed by atoms with E-state index in [0.29, 0.717) is 5.92 Å². The van der Waals surface area contributed by atoms with Crippen LogP contribution in [0, 0.1) is 11.7 Å². The second-order valence-corrected chi connectivity index (χ2v) is 6.18. The van der Waals surface area contributed by atoms with Crippen LogP contribution in [0.2, 0.25) is 0 Å². The topological polar surface area (TPSA) is 20.2 Å². The number of aliphatic hydroxyl groups is 1. The number of rotatable bonds is 4. The molecule has 100 valence electrons. The van der Waals surface area contributed by atoms with E-state index < -0.39 is 0 Å². The molecule has 1 fully saturated rings. The van der Waals surface area contributed by atoms with Crippen LogP contribution in [0.1, 0.15) is 38.5 Å². The molecular formula is C15H21FOS. The molecule has 1 saturated carbocycles. The van der Waals surface area contributed by atoms with Crippen LogP contribution in [-0.2, 0) is 0 Å². The van der Waals surface area contributed by atoms with Crippen LogP contribution in [0.15, 0.2) is 29.2 Å². The van der Waals surface area contributed by atoms with Crippen molar-refractivity contribution in [2.24, 2.45) is 5.92 Å². The van der Waals surface area contributed by atoms with Crippen molar-refractivity contribution in [2.45, 2.75) is 49.5 Å². The second kappa shape index (κ2) is 7.15. The van der Waals surface area contributed by atoms with Crippen molar-refractivity contribution >= 4 is 11.8 Å². The van der Waals surface area contributed by atoms with E-state index in [9.17, 15) is 9.50 Å². The summed E-state index contributed by atoms with van der Waals surface area (Å²) < 4.78 is 12.8. The molecule has 1 aliphatic rings. The normalized spacial score (nSPS) is 19.4. The van der Waals surface area contributed by atoms with Gasteiger partial charge in [0.05, 0.1) is 6.10 Å². The van der Waals surface area contributed by atoms with Gasteiger partial charge >= 0.3 is 0 Å². The Morgan fingerprint density at radius 1 is 1.11 bits per heavy atom. The standard InChI is InChI=1S/C15H21FOS/c16-13-7-9-14(10-8-13)18-11-15(17)12-5-3-1-2-4-6-12/h7-10,12,15,17H,1-6,11H2. The van der Waals surface area contributed by atoms with E-state index in [-0.39, 0.29) is 11.9 Å². The van der Waals surface area contributed by atoms with Crippen LogP contribution in [-0.4, -0.2) is 17.0 Å². The average Bonchev–Trinajstić information content (AvgIpc) is 2.66. The van der Waals surface area contributed by atoms with Gasteiger partial charge in [-0.2, -0.15) is 0 Å². The van der Waals surface area contributed by atoms with Crippen LogP contribution < -0.4 is 0 Å². The highest BCUT2D eigenvalue weighted by atomic mass is 32.2. The summed E-state index contributed by atoms with van der Waals surface area (Å²) in [4.78, 5) is 1.03. The van der Waals surface area contributed by atoms with Gasteiger partial charge in [-0.15, -0.1) is 11.8 Å². The monoisotopic (exact) mass is 268 g/mol. The van der Waals surface area contributed by atoms with Crippen LogP contribution in [0.3, 0.4) is 0 Å². The van der Waals surface area contributed by atoms with E-state index in [1.165, 1.54) is 37.8 Å². The van der Waals surface area contributed by atoms with Gasteiger partial charge in [0.25, 0.3) is 0 Å². The first-order valence-corrected chi connectivity index (χ1v) is 7.81. The lowest BCUT2D eigenvalue weighted by atomic mass is 9.95. The van der Waals surface area contributed by atoms with Crippen LogP contribution in [0.5, 0.6) is 0 Å². The minimum Gasteiger partial charge on any atom is -0.392 e. The highest BCUT2D eigenvalue weighted by Gasteiger charge is 2.20. The summed E-state index contributed by atoms with van der Waals surface area (Å²) in [6, 6.07) is 6.50. The fraction of sp³-hybridized carbons (Fsp3) is 0.600. The summed E-state index contributed by atoms with van der Waals surface area (Å²) in [6.07, 6.45) is 7.23. The fourth-order valence-corrected chi connectivity index (χ4v) is 3.51. The third-order valence-electron chi connectivity index (χ3n) is 3.68. The number of aliphatic hydroxyl groups excluding tert-OH is 1. The number of hydrogen-bond acceptors (Lipinski definition) is 2. The summed E-state index contributed by atoms with van der Waals surface area (Å²) in [6.45, 7) is 0. The summed E-state index contributed by atoms with van der Waals surface area (Å²) in [5.74, 6) is 0.972. The summed E-state index contributed by atoms with van der Waals surface area (Å²) in [5.41, 5.74) is 0. The molecule has 1 nitrogen and oxygen atoms in total. The molecule has 1 aromatic carbocycles. The summed E-state index contributed by atoms with van der Waals surface area (Å²) >= 11 is 1.62. The number of thioether (sulfide) groups is 1. The molecule has 1 unspecified atom stereocenters. The minimum atomic E-state index is -0.224. The first kappa shape index (κ1) is 13.9. The lowest BCUT2D eigenvalue weighted by molar-refractivity contribution is 0.120. The molecule has 2 rings (SSSR count). The molecule has 0 radical (unpaired) electrons. The van der Waals surface area contributed by atoms with Gasteiger partial charge in [0, 0.05) is 10.6 Å². The highest BCUT2D eigenvalue weighted by molar-refractivity contribution is 7.99. The first-order valence-electron chi connectivity index (χ1n) is 6.82. The molecule has 18 heavy (non-hydrogen) atoms. The molecule has 0 saturated heterocycles. The molecule has 1 aliphatic carbocycles. The van der Waals surface area contributed by atoms with Gasteiger partial charge in [-0.1, -0.05) is 25.7 Å². The molecule has 0 bridgehead atoms. The van der Waals surface area contributed by atoms with E-state index in [2.05, 4.69) is 0 Å². The third-order valence-corrected chi connectivity index (χ3v) is 4.79. The van der Waals surface area contributed by atoms with Gasteiger partial charge in [0.2, 0.25) is 0 Å². The van der Waals surface area contributed by atoms with Crippen molar-refractivity contribution in [3.8, 4) is 0 Å². The quantitative estimate of drug-likeness (QED) is 0.651. The van der Waals surface area contributed by atoms with Gasteiger partial charge in [0.15, 0.2) is 0 Å². The SMILES string of the molecule is OC(CSc1ccc(F)cc1)C1CCCCCC1. The zero-order chi connectivity index (χ0) is 12.8. The largest absolute Gasteiger partial charge is 0.392 e. The van der Waals surface area contributed by atoms with Crippen LogP contribution >= 0.6 is 11.8 Å². The maximum absolute atomic E-state index is 12.8. The van der Waals surface area contributed by atoms with Gasteiger partial charge in [0.1, 0.15) is 5.82 Å². The summed E-state index contributed by atoms with van der Waals surface area (Å²) in [7, 11) is 0. The first-order chi connectivity index (χ1) is 8.75. The van der Waals surface area contributed by atoms with E-state index in [0.717, 1.165) is 23.5 Å². The predicted molar refractivity (Wildman–Crippen MR) is 74.3 cm³/mol. The Morgan fingerprint density at radius 3 is 2.33 bits per heavy atom. The van der Waals surface area contributed by atoms with E-state index in [1.807, 2.05) is 0 Å². The van der Waals surface area contributed by atoms with E-state index in [1.54, 1.807) is 23.9 Å². The van der Waals surface area contributed by atoms with Crippen molar-refractivity contribution in [1.82, 2.24) is 0 Å². The van der Waals surface area contributed by atoms with Gasteiger partial charge < -0.3 is 5.11 Å². The maximum Gasteiger partial charge on any atom is 0.123 e. The Bertz CT molecular complexity index is 344. The van der Waals surface area contributed by atoms with Crippen LogP contribution in [0.4, 0.5) is 4.39 Å². The Morgan fingerprint density at radius 2 is 1.72 bits per heavy atom. The molecule has 1 aromatic rings. The average molecular weight is 268 g/mol. The fourth-order valence-electron chi connectivity index (χ4n) is 2.54. The van der Waals surface area contributed by atoms with Crippen molar-refractivity contribution in [2.75, 3.05) is 5.75 Å². The van der Waals surface area contributed by atoms with Crippen molar-refractivity contribution in [3.05, 3.63) is 30.1 Å². The lowest BCUT2D eigenvalue weighted by Crippen LogP contribution is -2.22. The third kappa shape index (κ3) is 4.29. The molecule has 0 aliphatic heterocycles. The van der Waals surface area contributed by atoms with Gasteiger partial charge in [-0.25, -0.2) is 4.39 Å². The lowest BCUT2D eigenvalue weighted by Gasteiger charge is -2.20. The summed E-state index contributed by atoms with van der Waals surface area (Å²) in [5, 5.41) is 10.2.